The van der Waals surface area contributed by atoms with Crippen LogP contribution in [0, 0.1) is 5.82 Å². The molecule has 1 aromatic carbocycles. The van der Waals surface area contributed by atoms with Gasteiger partial charge in [-0.15, -0.1) is 0 Å². The van der Waals surface area contributed by atoms with E-state index >= 15 is 0 Å². The van der Waals surface area contributed by atoms with Gasteiger partial charge in [-0.1, -0.05) is 12.1 Å². The molecule has 0 saturated carbocycles. The molecule has 0 aliphatic rings. The van der Waals surface area contributed by atoms with E-state index in [1.54, 1.807) is 19.2 Å². The molecule has 0 aliphatic carbocycles. The lowest BCUT2D eigenvalue weighted by molar-refractivity contribution is 0.0848. The highest BCUT2D eigenvalue weighted by atomic mass is 19.1. The van der Waals surface area contributed by atoms with Crippen molar-refractivity contribution in [2.45, 2.75) is 19.9 Å². The molecule has 0 spiro atoms. The fourth-order valence-corrected chi connectivity index (χ4v) is 1.69. The van der Waals surface area contributed by atoms with Crippen molar-refractivity contribution in [3.05, 3.63) is 35.6 Å². The number of nitrogens with zero attached hydrogens (tertiary/aromatic N) is 1. The number of rotatable bonds is 7. The summed E-state index contributed by atoms with van der Waals surface area (Å²) in [6.07, 6.45) is 0. The molecule has 0 unspecified atom stereocenters. The molecule has 100 valence electrons. The van der Waals surface area contributed by atoms with Crippen LogP contribution in [0.2, 0.25) is 0 Å². The van der Waals surface area contributed by atoms with E-state index in [1.807, 2.05) is 18.7 Å². The quantitative estimate of drug-likeness (QED) is 0.699. The first-order valence-corrected chi connectivity index (χ1v) is 6.07. The van der Waals surface area contributed by atoms with E-state index in [2.05, 4.69) is 0 Å². The minimum absolute atomic E-state index is 0.153. The van der Waals surface area contributed by atoms with Crippen LogP contribution in [0.15, 0.2) is 24.3 Å². The Kier molecular flexibility index (Phi) is 5.95. The predicted molar refractivity (Wildman–Crippen MR) is 69.3 cm³/mol. The van der Waals surface area contributed by atoms with Crippen LogP contribution in [-0.2, 0) is 4.74 Å². The molecule has 0 N–H and O–H groups in total. The molecule has 1 rings (SSSR count). The van der Waals surface area contributed by atoms with Crippen LogP contribution >= 0.6 is 0 Å². The number of methoxy groups -OCH3 is 1. The summed E-state index contributed by atoms with van der Waals surface area (Å²) in [5.41, 5.74) is 0.153. The Morgan fingerprint density at radius 1 is 1.39 bits per heavy atom. The second-order valence-corrected chi connectivity index (χ2v) is 4.46. The van der Waals surface area contributed by atoms with Crippen molar-refractivity contribution in [3.63, 3.8) is 0 Å². The number of Topliss-reactive ketones (excluding diaryl/α,β-unsaturated/α-hetero) is 1. The third-order valence-electron chi connectivity index (χ3n) is 2.83. The number of ketones is 1. The normalized spacial score (nSPS) is 11.2. The van der Waals surface area contributed by atoms with Crippen molar-refractivity contribution in [1.29, 1.82) is 0 Å². The van der Waals surface area contributed by atoms with Crippen LogP contribution in [-0.4, -0.2) is 43.5 Å². The maximum absolute atomic E-state index is 13.5. The number of hydrogen-bond acceptors (Lipinski definition) is 3. The number of ether oxygens (including phenoxy) is 1. The van der Waals surface area contributed by atoms with Crippen LogP contribution < -0.4 is 0 Å². The molecule has 0 saturated heterocycles. The van der Waals surface area contributed by atoms with Crippen LogP contribution in [0.5, 0.6) is 0 Å². The average molecular weight is 253 g/mol. The van der Waals surface area contributed by atoms with Crippen molar-refractivity contribution in [1.82, 2.24) is 4.90 Å². The summed E-state index contributed by atoms with van der Waals surface area (Å²) in [6.45, 7) is 5.44. The highest BCUT2D eigenvalue weighted by molar-refractivity contribution is 5.97. The van der Waals surface area contributed by atoms with Gasteiger partial charge in [-0.25, -0.2) is 4.39 Å². The summed E-state index contributed by atoms with van der Waals surface area (Å²) in [7, 11) is 1.62. The van der Waals surface area contributed by atoms with Crippen LogP contribution in [0.3, 0.4) is 0 Å². The lowest BCUT2D eigenvalue weighted by atomic mass is 10.1. The van der Waals surface area contributed by atoms with Crippen molar-refractivity contribution in [2.75, 3.05) is 26.8 Å². The van der Waals surface area contributed by atoms with E-state index in [0.717, 1.165) is 0 Å². The monoisotopic (exact) mass is 253 g/mol. The molecule has 0 radical (unpaired) electrons. The van der Waals surface area contributed by atoms with Crippen LogP contribution in [0.1, 0.15) is 24.2 Å². The summed E-state index contributed by atoms with van der Waals surface area (Å²) in [5, 5.41) is 0. The van der Waals surface area contributed by atoms with Crippen molar-refractivity contribution in [2.24, 2.45) is 0 Å². The van der Waals surface area contributed by atoms with E-state index in [1.165, 1.54) is 12.1 Å². The van der Waals surface area contributed by atoms with Crippen molar-refractivity contribution in [3.8, 4) is 0 Å². The summed E-state index contributed by atoms with van der Waals surface area (Å²) in [5.74, 6) is -0.657. The number of halogens is 1. The third kappa shape index (κ3) is 4.20. The van der Waals surface area contributed by atoms with Gasteiger partial charge >= 0.3 is 0 Å². The summed E-state index contributed by atoms with van der Waals surface area (Å²) < 4.78 is 18.5. The Labute approximate surface area is 108 Å². The van der Waals surface area contributed by atoms with Gasteiger partial charge in [0.1, 0.15) is 5.82 Å². The maximum atomic E-state index is 13.5. The molecular weight excluding hydrogens is 233 g/mol. The summed E-state index contributed by atoms with van der Waals surface area (Å²) >= 11 is 0. The largest absolute Gasteiger partial charge is 0.383 e. The molecule has 0 heterocycles. The van der Waals surface area contributed by atoms with Gasteiger partial charge in [0.15, 0.2) is 5.78 Å². The minimum atomic E-state index is -0.460. The van der Waals surface area contributed by atoms with E-state index in [9.17, 15) is 9.18 Å². The van der Waals surface area contributed by atoms with Gasteiger partial charge in [-0.2, -0.15) is 0 Å². The van der Waals surface area contributed by atoms with E-state index in [-0.39, 0.29) is 23.9 Å². The molecule has 4 heteroatoms. The molecular formula is C14H20FNO2. The lowest BCUT2D eigenvalue weighted by Crippen LogP contribution is -2.38. The fourth-order valence-electron chi connectivity index (χ4n) is 1.69. The Hall–Kier alpha value is -1.26. The summed E-state index contributed by atoms with van der Waals surface area (Å²) in [6, 6.07) is 6.30. The lowest BCUT2D eigenvalue weighted by Gasteiger charge is -2.25. The predicted octanol–water partition coefficient (Wildman–Crippen LogP) is 2.37. The molecule has 0 amide bonds. The van der Waals surface area contributed by atoms with E-state index in [0.29, 0.717) is 13.2 Å². The first-order valence-electron chi connectivity index (χ1n) is 6.07. The Bertz CT molecular complexity index is 393. The molecule has 0 bridgehead atoms. The Balaban J connectivity index is 2.69. The van der Waals surface area contributed by atoms with Gasteiger partial charge < -0.3 is 4.74 Å². The molecule has 0 atom stereocenters. The first kappa shape index (κ1) is 14.8. The van der Waals surface area contributed by atoms with E-state index in [4.69, 9.17) is 4.74 Å². The summed E-state index contributed by atoms with van der Waals surface area (Å²) in [4.78, 5) is 14.0. The zero-order valence-electron chi connectivity index (χ0n) is 11.1. The van der Waals surface area contributed by atoms with E-state index < -0.39 is 5.82 Å². The molecule has 3 nitrogen and oxygen atoms in total. The van der Waals surface area contributed by atoms with Gasteiger partial charge in [-0.3, -0.25) is 9.69 Å². The smallest absolute Gasteiger partial charge is 0.179 e. The zero-order valence-corrected chi connectivity index (χ0v) is 11.1. The molecule has 0 aromatic heterocycles. The molecule has 0 aliphatic heterocycles. The maximum Gasteiger partial charge on any atom is 0.179 e. The van der Waals surface area contributed by atoms with Crippen LogP contribution in [0.25, 0.3) is 0 Å². The van der Waals surface area contributed by atoms with Gasteiger partial charge in [0, 0.05) is 19.7 Å². The van der Waals surface area contributed by atoms with Gasteiger partial charge in [0.05, 0.1) is 18.7 Å². The Morgan fingerprint density at radius 3 is 2.61 bits per heavy atom. The highest BCUT2D eigenvalue weighted by Crippen LogP contribution is 2.09. The third-order valence-corrected chi connectivity index (χ3v) is 2.83. The highest BCUT2D eigenvalue weighted by Gasteiger charge is 2.17. The number of carbonyl (C=O) groups excluding carboxylic acids is 1. The standard InChI is InChI=1S/C14H20FNO2/c1-11(2)16(8-9-18-3)10-14(17)12-6-4-5-7-13(12)15/h4-7,11H,8-10H2,1-3H3. The number of benzene rings is 1. The topological polar surface area (TPSA) is 29.5 Å². The molecule has 1 aromatic rings. The van der Waals surface area contributed by atoms with Gasteiger partial charge in [-0.05, 0) is 26.0 Å². The molecule has 0 fully saturated rings. The van der Waals surface area contributed by atoms with Crippen molar-refractivity contribution < 1.29 is 13.9 Å². The SMILES string of the molecule is COCCN(CC(=O)c1ccccc1F)C(C)C. The Morgan fingerprint density at radius 2 is 2.06 bits per heavy atom. The van der Waals surface area contributed by atoms with Crippen LogP contribution in [0.4, 0.5) is 4.39 Å². The van der Waals surface area contributed by atoms with Gasteiger partial charge in [0.25, 0.3) is 0 Å². The second-order valence-electron chi connectivity index (χ2n) is 4.46. The fraction of sp³-hybridized carbons (Fsp3) is 0.500. The second kappa shape index (κ2) is 7.24. The first-order chi connectivity index (χ1) is 8.56. The zero-order chi connectivity index (χ0) is 13.5. The average Bonchev–Trinajstić information content (AvgIpc) is 2.34. The number of carbonyl (C=O) groups is 1. The molecule has 18 heavy (non-hydrogen) atoms. The van der Waals surface area contributed by atoms with Crippen molar-refractivity contribution >= 4 is 5.78 Å². The number of hydrogen-bond donors (Lipinski definition) is 0. The van der Waals surface area contributed by atoms with Gasteiger partial charge in [0.2, 0.25) is 0 Å². The minimum Gasteiger partial charge on any atom is -0.383 e.